The molecule has 0 aromatic carbocycles. The number of hydrogen-bond donors (Lipinski definition) is 1. The van der Waals surface area contributed by atoms with Crippen LogP contribution in [0.25, 0.3) is 0 Å². The first kappa shape index (κ1) is 14.9. The molecule has 0 saturated heterocycles. The summed E-state index contributed by atoms with van der Waals surface area (Å²) in [5.41, 5.74) is 1.46. The normalized spacial score (nSPS) is 18.9. The molecule has 1 aliphatic carbocycles. The Labute approximate surface area is 120 Å². The number of nitrogens with one attached hydrogen (secondary N) is 1. The Morgan fingerprint density at radius 2 is 2.05 bits per heavy atom. The molecule has 1 fully saturated rings. The summed E-state index contributed by atoms with van der Waals surface area (Å²) in [7, 11) is 1.75. The summed E-state index contributed by atoms with van der Waals surface area (Å²) in [5.74, 6) is 0. The van der Waals surface area contributed by atoms with Crippen LogP contribution in [0.4, 0.5) is 0 Å². The minimum absolute atomic E-state index is 0.104. The average Bonchev–Trinajstić information content (AvgIpc) is 2.97. The summed E-state index contributed by atoms with van der Waals surface area (Å²) in [6.07, 6.45) is 5.00. The van der Waals surface area contributed by atoms with Crippen molar-refractivity contribution in [3.05, 3.63) is 16.1 Å². The molecule has 1 N–H and O–H groups in total. The fourth-order valence-electron chi connectivity index (χ4n) is 2.68. The maximum absolute atomic E-state index is 5.16. The molecule has 3 nitrogen and oxygen atoms in total. The second-order valence-corrected chi connectivity index (χ2v) is 7.35. The minimum atomic E-state index is 0.104. The number of methoxy groups -OCH3 is 1. The molecule has 1 aromatic heterocycles. The zero-order chi connectivity index (χ0) is 13.9. The zero-order valence-electron chi connectivity index (χ0n) is 12.6. The third kappa shape index (κ3) is 3.36. The number of thiazole rings is 1. The highest BCUT2D eigenvalue weighted by Crippen LogP contribution is 2.41. The summed E-state index contributed by atoms with van der Waals surface area (Å²) in [5, 5.41) is 7.20. The van der Waals surface area contributed by atoms with E-state index in [4.69, 9.17) is 9.72 Å². The van der Waals surface area contributed by atoms with Crippen molar-refractivity contribution in [2.45, 2.75) is 57.4 Å². The van der Waals surface area contributed by atoms with Crippen LogP contribution < -0.4 is 5.32 Å². The lowest BCUT2D eigenvalue weighted by molar-refractivity contribution is 0.183. The van der Waals surface area contributed by atoms with E-state index in [-0.39, 0.29) is 11.0 Å². The van der Waals surface area contributed by atoms with Gasteiger partial charge in [-0.2, -0.15) is 0 Å². The first-order chi connectivity index (χ1) is 8.98. The van der Waals surface area contributed by atoms with Crippen LogP contribution in [0.2, 0.25) is 0 Å². The van der Waals surface area contributed by atoms with Crippen molar-refractivity contribution in [1.82, 2.24) is 10.3 Å². The van der Waals surface area contributed by atoms with Crippen LogP contribution in [0.5, 0.6) is 0 Å². The molecule has 0 radical (unpaired) electrons. The number of nitrogens with zero attached hydrogens (tertiary/aromatic N) is 1. The van der Waals surface area contributed by atoms with Crippen LogP contribution in [0.15, 0.2) is 5.38 Å². The third-order valence-corrected chi connectivity index (χ3v) is 4.96. The van der Waals surface area contributed by atoms with Gasteiger partial charge in [0.15, 0.2) is 0 Å². The number of rotatable bonds is 5. The predicted octanol–water partition coefficient (Wildman–Crippen LogP) is 3.45. The van der Waals surface area contributed by atoms with Gasteiger partial charge in [0.2, 0.25) is 0 Å². The molecule has 4 heteroatoms. The van der Waals surface area contributed by atoms with E-state index < -0.39 is 0 Å². The van der Waals surface area contributed by atoms with Gasteiger partial charge in [-0.1, -0.05) is 33.6 Å². The molecule has 0 amide bonds. The molecule has 0 unspecified atom stereocenters. The standard InChI is InChI=1S/C15H26N2OS/c1-14(2,3)12-11-19-13(17-12)15(7-5-6-8-15)16-9-10-18-4/h11,16H,5-10H2,1-4H3. The first-order valence-corrected chi connectivity index (χ1v) is 8.06. The molecule has 0 aliphatic heterocycles. The lowest BCUT2D eigenvalue weighted by atomic mass is 9.93. The topological polar surface area (TPSA) is 34.1 Å². The Morgan fingerprint density at radius 1 is 1.37 bits per heavy atom. The highest BCUT2D eigenvalue weighted by molar-refractivity contribution is 7.09. The van der Waals surface area contributed by atoms with Gasteiger partial charge in [0, 0.05) is 24.4 Å². The van der Waals surface area contributed by atoms with Gasteiger partial charge in [-0.15, -0.1) is 11.3 Å². The molecule has 0 bridgehead atoms. The monoisotopic (exact) mass is 282 g/mol. The molecule has 1 heterocycles. The van der Waals surface area contributed by atoms with Gasteiger partial charge in [0.25, 0.3) is 0 Å². The SMILES string of the molecule is COCCNC1(c2nc(C(C)(C)C)cs2)CCCC1. The Kier molecular flexibility index (Phi) is 4.64. The van der Waals surface area contributed by atoms with Gasteiger partial charge in [0.1, 0.15) is 5.01 Å². The van der Waals surface area contributed by atoms with E-state index in [0.29, 0.717) is 0 Å². The number of aromatic nitrogens is 1. The van der Waals surface area contributed by atoms with Gasteiger partial charge in [0.05, 0.1) is 17.8 Å². The van der Waals surface area contributed by atoms with Crippen LogP contribution >= 0.6 is 11.3 Å². The van der Waals surface area contributed by atoms with Gasteiger partial charge >= 0.3 is 0 Å². The molecular formula is C15H26N2OS. The van der Waals surface area contributed by atoms with Crippen molar-refractivity contribution in [2.24, 2.45) is 0 Å². The Hall–Kier alpha value is -0.450. The molecule has 19 heavy (non-hydrogen) atoms. The molecular weight excluding hydrogens is 256 g/mol. The molecule has 0 atom stereocenters. The van der Waals surface area contributed by atoms with E-state index in [1.165, 1.54) is 36.4 Å². The van der Waals surface area contributed by atoms with Crippen LogP contribution in [-0.4, -0.2) is 25.2 Å². The van der Waals surface area contributed by atoms with Crippen molar-refractivity contribution in [3.63, 3.8) is 0 Å². The Bertz CT molecular complexity index is 403. The van der Waals surface area contributed by atoms with E-state index in [1.54, 1.807) is 7.11 Å². The smallest absolute Gasteiger partial charge is 0.113 e. The lowest BCUT2D eigenvalue weighted by Crippen LogP contribution is -2.41. The lowest BCUT2D eigenvalue weighted by Gasteiger charge is -2.28. The van der Waals surface area contributed by atoms with Crippen molar-refractivity contribution in [2.75, 3.05) is 20.3 Å². The first-order valence-electron chi connectivity index (χ1n) is 7.18. The van der Waals surface area contributed by atoms with Gasteiger partial charge in [-0.25, -0.2) is 4.98 Å². The van der Waals surface area contributed by atoms with Crippen LogP contribution in [0, 0.1) is 0 Å². The fraction of sp³-hybridized carbons (Fsp3) is 0.800. The number of ether oxygens (including phenoxy) is 1. The van der Waals surface area contributed by atoms with E-state index >= 15 is 0 Å². The summed E-state index contributed by atoms with van der Waals surface area (Å²) in [6.45, 7) is 8.35. The van der Waals surface area contributed by atoms with Crippen molar-refractivity contribution >= 4 is 11.3 Å². The highest BCUT2D eigenvalue weighted by atomic mass is 32.1. The van der Waals surface area contributed by atoms with E-state index in [2.05, 4.69) is 31.5 Å². The van der Waals surface area contributed by atoms with Crippen LogP contribution in [0.3, 0.4) is 0 Å². The van der Waals surface area contributed by atoms with Crippen LogP contribution in [-0.2, 0) is 15.7 Å². The molecule has 1 saturated carbocycles. The summed E-state index contributed by atoms with van der Waals surface area (Å²) in [4.78, 5) is 4.93. The van der Waals surface area contributed by atoms with Gasteiger partial charge < -0.3 is 10.1 Å². The molecule has 1 aromatic rings. The summed E-state index contributed by atoms with van der Waals surface area (Å²) < 4.78 is 5.16. The Balaban J connectivity index is 2.17. The summed E-state index contributed by atoms with van der Waals surface area (Å²) in [6, 6.07) is 0. The van der Waals surface area contributed by atoms with E-state index in [1.807, 2.05) is 11.3 Å². The van der Waals surface area contributed by atoms with Crippen molar-refractivity contribution in [3.8, 4) is 0 Å². The number of hydrogen-bond acceptors (Lipinski definition) is 4. The quantitative estimate of drug-likeness (QED) is 0.840. The maximum Gasteiger partial charge on any atom is 0.113 e. The van der Waals surface area contributed by atoms with Gasteiger partial charge in [-0.3, -0.25) is 0 Å². The average molecular weight is 282 g/mol. The molecule has 2 rings (SSSR count). The van der Waals surface area contributed by atoms with Crippen molar-refractivity contribution < 1.29 is 4.74 Å². The van der Waals surface area contributed by atoms with Crippen molar-refractivity contribution in [1.29, 1.82) is 0 Å². The third-order valence-electron chi connectivity index (χ3n) is 3.91. The zero-order valence-corrected chi connectivity index (χ0v) is 13.4. The Morgan fingerprint density at radius 3 is 2.58 bits per heavy atom. The molecule has 108 valence electrons. The van der Waals surface area contributed by atoms with Gasteiger partial charge in [-0.05, 0) is 12.8 Å². The van der Waals surface area contributed by atoms with E-state index in [9.17, 15) is 0 Å². The summed E-state index contributed by atoms with van der Waals surface area (Å²) >= 11 is 1.82. The minimum Gasteiger partial charge on any atom is -0.383 e. The molecule has 1 aliphatic rings. The fourth-order valence-corrected chi connectivity index (χ4v) is 3.96. The second-order valence-electron chi connectivity index (χ2n) is 6.50. The predicted molar refractivity (Wildman–Crippen MR) is 80.8 cm³/mol. The van der Waals surface area contributed by atoms with Crippen LogP contribution in [0.1, 0.15) is 57.2 Å². The second kappa shape index (κ2) is 5.90. The molecule has 0 spiro atoms. The maximum atomic E-state index is 5.16. The highest BCUT2D eigenvalue weighted by Gasteiger charge is 2.38. The largest absolute Gasteiger partial charge is 0.383 e. The van der Waals surface area contributed by atoms with E-state index in [0.717, 1.165) is 13.2 Å².